The van der Waals surface area contributed by atoms with Crippen molar-refractivity contribution in [2.75, 3.05) is 11.1 Å². The van der Waals surface area contributed by atoms with E-state index in [-0.39, 0.29) is 5.82 Å². The Morgan fingerprint density at radius 1 is 1.24 bits per heavy atom. The van der Waals surface area contributed by atoms with Crippen molar-refractivity contribution in [3.63, 3.8) is 0 Å². The van der Waals surface area contributed by atoms with Crippen LogP contribution in [0.4, 0.5) is 21.5 Å². The molecule has 3 N–H and O–H groups in total. The van der Waals surface area contributed by atoms with E-state index in [9.17, 15) is 4.39 Å². The van der Waals surface area contributed by atoms with Gasteiger partial charge in [-0.1, -0.05) is 17.7 Å². The summed E-state index contributed by atoms with van der Waals surface area (Å²) >= 11 is 9.02. The largest absolute Gasteiger partial charge is 0.396 e. The van der Waals surface area contributed by atoms with Crippen molar-refractivity contribution in [1.29, 1.82) is 0 Å². The molecule has 2 aromatic carbocycles. The average Bonchev–Trinajstić information content (AvgIpc) is 2.30. The summed E-state index contributed by atoms with van der Waals surface area (Å²) in [5.41, 5.74) is 7.71. The fraction of sp³-hybridized carbons (Fsp3) is 0. The van der Waals surface area contributed by atoms with E-state index < -0.39 is 0 Å². The summed E-state index contributed by atoms with van der Waals surface area (Å²) in [6.07, 6.45) is 0. The SMILES string of the molecule is Nc1c(Cl)cccc1Nc1ccc(F)c(Br)c1. The molecule has 0 aliphatic heterocycles. The number of hydrogen-bond donors (Lipinski definition) is 2. The van der Waals surface area contributed by atoms with Crippen LogP contribution in [0.3, 0.4) is 0 Å². The van der Waals surface area contributed by atoms with Crippen LogP contribution in [0.5, 0.6) is 0 Å². The van der Waals surface area contributed by atoms with Gasteiger partial charge in [-0.3, -0.25) is 0 Å². The van der Waals surface area contributed by atoms with Crippen molar-refractivity contribution in [1.82, 2.24) is 0 Å². The Labute approximate surface area is 112 Å². The lowest BCUT2D eigenvalue weighted by Gasteiger charge is -2.10. The van der Waals surface area contributed by atoms with Crippen LogP contribution in [0.1, 0.15) is 0 Å². The lowest BCUT2D eigenvalue weighted by Crippen LogP contribution is -1.97. The summed E-state index contributed by atoms with van der Waals surface area (Å²) in [4.78, 5) is 0. The number of para-hydroxylation sites is 1. The van der Waals surface area contributed by atoms with Gasteiger partial charge >= 0.3 is 0 Å². The van der Waals surface area contributed by atoms with E-state index in [1.807, 2.05) is 0 Å². The highest BCUT2D eigenvalue weighted by Gasteiger charge is 2.05. The maximum atomic E-state index is 13.1. The molecule has 0 saturated heterocycles. The Balaban J connectivity index is 2.31. The predicted octanol–water partition coefficient (Wildman–Crippen LogP) is 4.57. The Kier molecular flexibility index (Phi) is 3.54. The molecule has 0 aromatic heterocycles. The van der Waals surface area contributed by atoms with E-state index in [4.69, 9.17) is 17.3 Å². The summed E-state index contributed by atoms with van der Waals surface area (Å²) in [5.74, 6) is -0.311. The predicted molar refractivity (Wildman–Crippen MR) is 73.2 cm³/mol. The quantitative estimate of drug-likeness (QED) is 0.797. The van der Waals surface area contributed by atoms with Crippen LogP contribution in [0.15, 0.2) is 40.9 Å². The van der Waals surface area contributed by atoms with Gasteiger partial charge in [-0.2, -0.15) is 0 Å². The zero-order valence-electron chi connectivity index (χ0n) is 8.68. The Morgan fingerprint density at radius 2 is 2.00 bits per heavy atom. The summed E-state index contributed by atoms with van der Waals surface area (Å²) in [6.45, 7) is 0. The lowest BCUT2D eigenvalue weighted by atomic mass is 10.2. The molecule has 0 bridgehead atoms. The average molecular weight is 316 g/mol. The minimum Gasteiger partial charge on any atom is -0.396 e. The Morgan fingerprint density at radius 3 is 2.71 bits per heavy atom. The highest BCUT2D eigenvalue weighted by molar-refractivity contribution is 9.10. The second-order valence-corrected chi connectivity index (χ2v) is 4.72. The van der Waals surface area contributed by atoms with E-state index in [0.29, 0.717) is 20.9 Å². The zero-order chi connectivity index (χ0) is 12.4. The summed E-state index contributed by atoms with van der Waals surface area (Å²) in [5, 5.41) is 3.56. The number of hydrogen-bond acceptors (Lipinski definition) is 2. The first-order valence-corrected chi connectivity index (χ1v) is 6.01. The third-order valence-corrected chi connectivity index (χ3v) is 3.19. The van der Waals surface area contributed by atoms with Crippen molar-refractivity contribution in [3.8, 4) is 0 Å². The van der Waals surface area contributed by atoms with E-state index in [1.54, 1.807) is 30.3 Å². The summed E-state index contributed by atoms with van der Waals surface area (Å²) in [6, 6.07) is 9.93. The molecule has 2 nitrogen and oxygen atoms in total. The van der Waals surface area contributed by atoms with Crippen molar-refractivity contribution in [2.45, 2.75) is 0 Å². The molecule has 0 unspecified atom stereocenters. The van der Waals surface area contributed by atoms with Crippen LogP contribution >= 0.6 is 27.5 Å². The van der Waals surface area contributed by atoms with E-state index in [1.165, 1.54) is 6.07 Å². The molecule has 0 amide bonds. The minimum atomic E-state index is -0.311. The first kappa shape index (κ1) is 12.2. The molecule has 0 aliphatic rings. The fourth-order valence-corrected chi connectivity index (χ4v) is 1.93. The number of rotatable bonds is 2. The van der Waals surface area contributed by atoms with Crippen LogP contribution < -0.4 is 11.1 Å². The van der Waals surface area contributed by atoms with Gasteiger partial charge in [-0.05, 0) is 46.3 Å². The number of nitrogens with two attached hydrogens (primary N) is 1. The van der Waals surface area contributed by atoms with Crippen LogP contribution in [0.25, 0.3) is 0 Å². The summed E-state index contributed by atoms with van der Waals surface area (Å²) < 4.78 is 13.5. The highest BCUT2D eigenvalue weighted by atomic mass is 79.9. The third-order valence-electron chi connectivity index (χ3n) is 2.25. The van der Waals surface area contributed by atoms with Crippen molar-refractivity contribution >= 4 is 44.6 Å². The summed E-state index contributed by atoms with van der Waals surface area (Å²) in [7, 11) is 0. The smallest absolute Gasteiger partial charge is 0.137 e. The molecular weight excluding hydrogens is 307 g/mol. The fourth-order valence-electron chi connectivity index (χ4n) is 1.38. The lowest BCUT2D eigenvalue weighted by molar-refractivity contribution is 0.621. The van der Waals surface area contributed by atoms with Gasteiger partial charge in [0.1, 0.15) is 5.82 Å². The maximum Gasteiger partial charge on any atom is 0.137 e. The normalized spacial score (nSPS) is 10.3. The highest BCUT2D eigenvalue weighted by Crippen LogP contribution is 2.30. The molecular formula is C12H9BrClFN2. The monoisotopic (exact) mass is 314 g/mol. The van der Waals surface area contributed by atoms with Gasteiger partial charge in [-0.15, -0.1) is 0 Å². The van der Waals surface area contributed by atoms with Crippen LogP contribution in [0, 0.1) is 5.82 Å². The molecule has 0 fully saturated rings. The number of halogens is 3. The molecule has 88 valence electrons. The molecule has 0 spiro atoms. The second-order valence-electron chi connectivity index (χ2n) is 3.45. The van der Waals surface area contributed by atoms with E-state index in [0.717, 1.165) is 5.69 Å². The van der Waals surface area contributed by atoms with Crippen LogP contribution in [0.2, 0.25) is 5.02 Å². The Bertz CT molecular complexity index is 560. The van der Waals surface area contributed by atoms with Crippen molar-refractivity contribution in [3.05, 3.63) is 51.7 Å². The maximum absolute atomic E-state index is 13.1. The van der Waals surface area contributed by atoms with Crippen LogP contribution in [-0.2, 0) is 0 Å². The minimum absolute atomic E-state index is 0.311. The Hall–Kier alpha value is -1.26. The van der Waals surface area contributed by atoms with Gasteiger partial charge in [0, 0.05) is 5.69 Å². The number of benzene rings is 2. The van der Waals surface area contributed by atoms with E-state index >= 15 is 0 Å². The molecule has 0 heterocycles. The molecule has 2 rings (SSSR count). The molecule has 2 aromatic rings. The van der Waals surface area contributed by atoms with Gasteiger partial charge in [-0.25, -0.2) is 4.39 Å². The molecule has 0 radical (unpaired) electrons. The number of anilines is 3. The van der Waals surface area contributed by atoms with Gasteiger partial charge in [0.05, 0.1) is 20.9 Å². The molecule has 0 atom stereocenters. The number of nitrogens with one attached hydrogen (secondary N) is 1. The van der Waals surface area contributed by atoms with Gasteiger partial charge in [0.15, 0.2) is 0 Å². The first-order valence-electron chi connectivity index (χ1n) is 4.84. The van der Waals surface area contributed by atoms with E-state index in [2.05, 4.69) is 21.2 Å². The number of nitrogen functional groups attached to an aromatic ring is 1. The van der Waals surface area contributed by atoms with Crippen LogP contribution in [-0.4, -0.2) is 0 Å². The standard InChI is InChI=1S/C12H9BrClFN2/c13-8-6-7(4-5-10(8)15)17-11-3-1-2-9(14)12(11)16/h1-6,17H,16H2. The third kappa shape index (κ3) is 2.70. The van der Waals surface area contributed by atoms with Gasteiger partial charge in [0.2, 0.25) is 0 Å². The second kappa shape index (κ2) is 4.94. The van der Waals surface area contributed by atoms with Crippen molar-refractivity contribution < 1.29 is 4.39 Å². The molecule has 5 heteroatoms. The van der Waals surface area contributed by atoms with Gasteiger partial charge in [0.25, 0.3) is 0 Å². The molecule has 17 heavy (non-hydrogen) atoms. The topological polar surface area (TPSA) is 38.0 Å². The van der Waals surface area contributed by atoms with Gasteiger partial charge < -0.3 is 11.1 Å². The molecule has 0 saturated carbocycles. The zero-order valence-corrected chi connectivity index (χ0v) is 11.0. The van der Waals surface area contributed by atoms with Crippen molar-refractivity contribution in [2.24, 2.45) is 0 Å². The molecule has 0 aliphatic carbocycles. The first-order chi connectivity index (χ1) is 8.08.